The van der Waals surface area contributed by atoms with Gasteiger partial charge in [-0.05, 0) is 51.8 Å². The molecule has 1 aromatic carbocycles. The smallest absolute Gasteiger partial charge is 0.414 e. The van der Waals surface area contributed by atoms with Gasteiger partial charge in [0.1, 0.15) is 12.4 Å². The molecular weight excluding hydrogens is 448 g/mol. The van der Waals surface area contributed by atoms with Crippen LogP contribution in [0.2, 0.25) is 0 Å². The third-order valence-electron chi connectivity index (χ3n) is 6.43. The summed E-state index contributed by atoms with van der Waals surface area (Å²) in [6.45, 7) is 6.32. The van der Waals surface area contributed by atoms with Gasteiger partial charge in [-0.25, -0.2) is 9.78 Å². The minimum atomic E-state index is -0.989. The van der Waals surface area contributed by atoms with Crippen molar-refractivity contribution >= 4 is 28.7 Å². The van der Waals surface area contributed by atoms with Crippen LogP contribution in [-0.4, -0.2) is 73.7 Å². The number of carbonyl (C=O) groups excluding carboxylic acids is 2. The number of aromatic nitrogens is 4. The number of hydrogen-bond acceptors (Lipinski definition) is 6. The Morgan fingerprint density at radius 2 is 2.09 bits per heavy atom. The third-order valence-corrected chi connectivity index (χ3v) is 6.43. The Kier molecular flexibility index (Phi) is 6.84. The lowest BCUT2D eigenvalue weighted by atomic mass is 9.96. The second kappa shape index (κ2) is 9.69. The van der Waals surface area contributed by atoms with Crippen molar-refractivity contribution in [3.05, 3.63) is 42.0 Å². The van der Waals surface area contributed by atoms with Crippen LogP contribution in [0.1, 0.15) is 38.6 Å². The number of nitrogens with zero attached hydrogens (tertiary/aromatic N) is 6. The summed E-state index contributed by atoms with van der Waals surface area (Å²) < 4.78 is 8.82. The molecule has 0 spiro atoms. The predicted molar refractivity (Wildman–Crippen MR) is 132 cm³/mol. The molecule has 0 saturated heterocycles. The van der Waals surface area contributed by atoms with Gasteiger partial charge in [-0.2, -0.15) is 5.10 Å². The van der Waals surface area contributed by atoms with Gasteiger partial charge in [-0.1, -0.05) is 0 Å². The number of ether oxygens (including phenoxy) is 1. The van der Waals surface area contributed by atoms with E-state index in [1.54, 1.807) is 36.9 Å². The van der Waals surface area contributed by atoms with Crippen molar-refractivity contribution in [3.63, 3.8) is 0 Å². The van der Waals surface area contributed by atoms with Crippen LogP contribution in [-0.2, 0) is 35.5 Å². The molecule has 0 aliphatic carbocycles. The van der Waals surface area contributed by atoms with Crippen LogP contribution >= 0.6 is 0 Å². The highest BCUT2D eigenvalue weighted by Gasteiger charge is 2.32. The maximum absolute atomic E-state index is 13.1. The van der Waals surface area contributed by atoms with Crippen molar-refractivity contribution in [3.8, 4) is 0 Å². The Bertz CT molecular complexity index is 1210. The number of aliphatic hydroxyl groups is 1. The molecule has 10 heteroatoms. The lowest BCUT2D eigenvalue weighted by Crippen LogP contribution is -2.42. The fourth-order valence-electron chi connectivity index (χ4n) is 4.79. The maximum Gasteiger partial charge on any atom is 0.414 e. The van der Waals surface area contributed by atoms with Crippen LogP contribution in [0.3, 0.4) is 0 Å². The number of aryl methyl sites for hydroxylation is 3. The monoisotopic (exact) mass is 482 g/mol. The lowest BCUT2D eigenvalue weighted by Gasteiger charge is -2.34. The first-order chi connectivity index (χ1) is 16.6. The summed E-state index contributed by atoms with van der Waals surface area (Å²) in [6, 6.07) is 5.74. The topological polar surface area (TPSA) is 106 Å². The standard InChI is InChI=1S/C25H34N6O4/c1-17-7-8-18-19(31(17)24(33)35-5)9-10-20-23(18)27-21(11-14-29-13-6-12-26-29)30(20)15-22(32)28(4)16-25(2,3)34/h6,9-10,12-13,17,34H,7-8,11,14-16H2,1-5H3/t17-/m0/s1. The molecule has 10 nitrogen and oxygen atoms in total. The van der Waals surface area contributed by atoms with Gasteiger partial charge in [0.25, 0.3) is 0 Å². The minimum absolute atomic E-state index is 0.0193. The molecule has 0 radical (unpaired) electrons. The zero-order valence-corrected chi connectivity index (χ0v) is 21.1. The maximum atomic E-state index is 13.1. The van der Waals surface area contributed by atoms with Gasteiger partial charge in [0.15, 0.2) is 0 Å². The highest BCUT2D eigenvalue weighted by Crippen LogP contribution is 2.36. The van der Waals surface area contributed by atoms with E-state index in [-0.39, 0.29) is 31.1 Å². The van der Waals surface area contributed by atoms with E-state index in [0.717, 1.165) is 41.0 Å². The summed E-state index contributed by atoms with van der Waals surface area (Å²) in [6.07, 6.45) is 5.40. The Morgan fingerprint density at radius 1 is 1.31 bits per heavy atom. The molecule has 188 valence electrons. The Balaban J connectivity index is 1.75. The molecule has 35 heavy (non-hydrogen) atoms. The van der Waals surface area contributed by atoms with Crippen LogP contribution in [0.5, 0.6) is 0 Å². The fraction of sp³-hybridized carbons (Fsp3) is 0.520. The van der Waals surface area contributed by atoms with E-state index in [9.17, 15) is 14.7 Å². The van der Waals surface area contributed by atoms with Crippen molar-refractivity contribution in [2.24, 2.45) is 0 Å². The quantitative estimate of drug-likeness (QED) is 0.555. The van der Waals surface area contributed by atoms with Gasteiger partial charge in [-0.15, -0.1) is 0 Å². The number of benzene rings is 1. The summed E-state index contributed by atoms with van der Waals surface area (Å²) in [5, 5.41) is 14.4. The first-order valence-electron chi connectivity index (χ1n) is 11.9. The number of hydrogen-bond donors (Lipinski definition) is 1. The third kappa shape index (κ3) is 5.17. The van der Waals surface area contributed by atoms with Gasteiger partial charge in [-0.3, -0.25) is 14.4 Å². The number of imidazole rings is 1. The molecule has 2 aromatic heterocycles. The number of likely N-dealkylation sites (N-methyl/N-ethyl adjacent to an activating group) is 1. The molecule has 0 saturated carbocycles. The van der Waals surface area contributed by atoms with Crippen molar-refractivity contribution in [1.82, 2.24) is 24.2 Å². The predicted octanol–water partition coefficient (Wildman–Crippen LogP) is 2.61. The molecule has 0 unspecified atom stereocenters. The number of anilines is 1. The van der Waals surface area contributed by atoms with E-state index >= 15 is 0 Å². The zero-order chi connectivity index (χ0) is 25.3. The summed E-state index contributed by atoms with van der Waals surface area (Å²) in [5.41, 5.74) is 2.46. The van der Waals surface area contributed by atoms with Crippen molar-refractivity contribution in [2.45, 2.75) is 64.8 Å². The summed E-state index contributed by atoms with van der Waals surface area (Å²) in [4.78, 5) is 33.8. The largest absolute Gasteiger partial charge is 0.452 e. The summed E-state index contributed by atoms with van der Waals surface area (Å²) >= 11 is 0. The van der Waals surface area contributed by atoms with Crippen molar-refractivity contribution in [1.29, 1.82) is 0 Å². The second-order valence-corrected chi connectivity index (χ2v) is 9.85. The van der Waals surface area contributed by atoms with Gasteiger partial charge in [0.2, 0.25) is 5.91 Å². The summed E-state index contributed by atoms with van der Waals surface area (Å²) in [5.74, 6) is 0.659. The van der Waals surface area contributed by atoms with E-state index in [4.69, 9.17) is 9.72 Å². The Hall–Kier alpha value is -3.40. The highest BCUT2D eigenvalue weighted by atomic mass is 16.5. The molecule has 0 bridgehead atoms. The first kappa shape index (κ1) is 24.7. The van der Waals surface area contributed by atoms with Gasteiger partial charge in [0.05, 0.1) is 29.4 Å². The van der Waals surface area contributed by atoms with Crippen molar-refractivity contribution in [2.75, 3.05) is 25.6 Å². The number of methoxy groups -OCH3 is 1. The molecule has 2 amide bonds. The van der Waals surface area contributed by atoms with E-state index < -0.39 is 5.60 Å². The van der Waals surface area contributed by atoms with Crippen LogP contribution in [0.25, 0.3) is 11.0 Å². The van der Waals surface area contributed by atoms with E-state index in [1.807, 2.05) is 40.6 Å². The van der Waals surface area contributed by atoms with Gasteiger partial charge in [0, 0.05) is 50.6 Å². The number of carbonyl (C=O) groups is 2. The minimum Gasteiger partial charge on any atom is -0.452 e. The van der Waals surface area contributed by atoms with Gasteiger partial charge >= 0.3 is 6.09 Å². The Morgan fingerprint density at radius 3 is 2.74 bits per heavy atom. The SMILES string of the molecule is COC(=O)N1c2ccc3c(nc(CCn4cccn4)n3CC(=O)N(C)CC(C)(C)O)c2CC[C@@H]1C. The normalized spacial score (nSPS) is 15.8. The fourth-order valence-corrected chi connectivity index (χ4v) is 4.79. The van der Waals surface area contributed by atoms with Crippen molar-refractivity contribution < 1.29 is 19.4 Å². The molecule has 0 fully saturated rings. The molecule has 3 aromatic rings. The molecule has 1 aliphatic heterocycles. The highest BCUT2D eigenvalue weighted by molar-refractivity contribution is 5.95. The van der Waals surface area contributed by atoms with E-state index in [2.05, 4.69) is 5.10 Å². The summed E-state index contributed by atoms with van der Waals surface area (Å²) in [7, 11) is 3.08. The molecule has 1 aliphatic rings. The lowest BCUT2D eigenvalue weighted by molar-refractivity contribution is -0.133. The van der Waals surface area contributed by atoms with E-state index in [1.165, 1.54) is 7.11 Å². The average Bonchev–Trinajstić information content (AvgIpc) is 3.43. The number of fused-ring (bicyclic) bond motifs is 3. The molecule has 1 N–H and O–H groups in total. The molecular formula is C25H34N6O4. The first-order valence-corrected chi connectivity index (χ1v) is 11.9. The average molecular weight is 483 g/mol. The Labute approximate surface area is 205 Å². The molecule has 4 rings (SSSR count). The second-order valence-electron chi connectivity index (χ2n) is 9.85. The van der Waals surface area contributed by atoms with Crippen LogP contribution in [0.15, 0.2) is 30.6 Å². The number of rotatable bonds is 7. The number of amides is 2. The van der Waals surface area contributed by atoms with Crippen LogP contribution in [0.4, 0.5) is 10.5 Å². The van der Waals surface area contributed by atoms with Crippen LogP contribution < -0.4 is 4.90 Å². The zero-order valence-electron chi connectivity index (χ0n) is 21.1. The van der Waals surface area contributed by atoms with Gasteiger partial charge < -0.3 is 19.3 Å². The van der Waals surface area contributed by atoms with E-state index in [0.29, 0.717) is 13.0 Å². The van der Waals surface area contributed by atoms with Crippen LogP contribution in [0, 0.1) is 0 Å². The molecule has 3 heterocycles. The molecule has 1 atom stereocenters.